The van der Waals surface area contributed by atoms with Gasteiger partial charge in [-0.2, -0.15) is 13.2 Å². The van der Waals surface area contributed by atoms with Crippen LogP contribution in [-0.2, 0) is 6.18 Å². The van der Waals surface area contributed by atoms with Crippen molar-refractivity contribution in [1.82, 2.24) is 0 Å². The van der Waals surface area contributed by atoms with Crippen molar-refractivity contribution in [1.29, 1.82) is 0 Å². The van der Waals surface area contributed by atoms with Crippen LogP contribution in [0.2, 0.25) is 0 Å². The van der Waals surface area contributed by atoms with Gasteiger partial charge in [-0.15, -0.1) is 0 Å². The van der Waals surface area contributed by atoms with Crippen molar-refractivity contribution in [3.05, 3.63) is 76.9 Å². The number of benzene rings is 2. The van der Waals surface area contributed by atoms with E-state index in [0.29, 0.717) is 5.56 Å². The van der Waals surface area contributed by atoms with Crippen LogP contribution in [0.4, 0.5) is 18.9 Å². The van der Waals surface area contributed by atoms with Crippen LogP contribution in [0.3, 0.4) is 0 Å². The number of hydrogen-bond donors (Lipinski definition) is 1. The fourth-order valence-electron chi connectivity index (χ4n) is 4.11. The molecule has 2 aromatic rings. The van der Waals surface area contributed by atoms with Gasteiger partial charge >= 0.3 is 6.18 Å². The highest BCUT2D eigenvalue weighted by molar-refractivity contribution is 5.64. The van der Waals surface area contributed by atoms with Crippen molar-refractivity contribution in [2.45, 2.75) is 31.5 Å². The Kier molecular flexibility index (Phi) is 3.44. The van der Waals surface area contributed by atoms with Gasteiger partial charge in [0.2, 0.25) is 0 Å². The molecule has 1 aliphatic carbocycles. The van der Waals surface area contributed by atoms with Gasteiger partial charge in [0.15, 0.2) is 0 Å². The lowest BCUT2D eigenvalue weighted by atomic mass is 9.75. The van der Waals surface area contributed by atoms with E-state index in [2.05, 4.69) is 23.5 Å². The van der Waals surface area contributed by atoms with Crippen LogP contribution in [0.1, 0.15) is 40.6 Å². The summed E-state index contributed by atoms with van der Waals surface area (Å²) in [6, 6.07) is 11.7. The van der Waals surface area contributed by atoms with Gasteiger partial charge in [0.05, 0.1) is 11.6 Å². The molecule has 1 nitrogen and oxygen atoms in total. The highest BCUT2D eigenvalue weighted by atomic mass is 19.4. The molecular weight excluding hydrogens is 311 g/mol. The first-order chi connectivity index (χ1) is 11.5. The summed E-state index contributed by atoms with van der Waals surface area (Å²) in [7, 11) is 0. The zero-order valence-corrected chi connectivity index (χ0v) is 13.3. The quantitative estimate of drug-likeness (QED) is 0.648. The van der Waals surface area contributed by atoms with E-state index in [-0.39, 0.29) is 17.9 Å². The summed E-state index contributed by atoms with van der Waals surface area (Å²) in [6.07, 6.45) is 0.693. The van der Waals surface area contributed by atoms with Crippen molar-refractivity contribution < 1.29 is 13.2 Å². The Morgan fingerprint density at radius 3 is 2.54 bits per heavy atom. The minimum atomic E-state index is -4.34. The molecule has 4 heteroatoms. The summed E-state index contributed by atoms with van der Waals surface area (Å²) in [5.74, 6) is 0.287. The second-order valence-corrected chi connectivity index (χ2v) is 6.60. The number of anilines is 1. The van der Waals surface area contributed by atoms with Gasteiger partial charge < -0.3 is 5.32 Å². The summed E-state index contributed by atoms with van der Waals surface area (Å²) in [5.41, 5.74) is 3.05. The normalized spacial score (nSPS) is 25.1. The standard InChI is InChI=1S/C20H18F3N/c1-12-6-4-9-14-13-8-5-10-15(13)19(24-18(12)14)16-7-2-3-11-17(16)20(21,22)23/h2-9,11,13,15,19,24H,10H2,1H3/t13-,15-,19+/m1/s1. The van der Waals surface area contributed by atoms with Crippen molar-refractivity contribution >= 4 is 5.69 Å². The van der Waals surface area contributed by atoms with E-state index in [1.54, 1.807) is 12.1 Å². The van der Waals surface area contributed by atoms with E-state index in [1.807, 2.05) is 19.1 Å². The first-order valence-corrected chi connectivity index (χ1v) is 8.15. The lowest BCUT2D eigenvalue weighted by Gasteiger charge is -2.39. The number of rotatable bonds is 1. The molecule has 1 aliphatic heterocycles. The van der Waals surface area contributed by atoms with Gasteiger partial charge in [-0.25, -0.2) is 0 Å². The Balaban J connectivity index is 1.85. The van der Waals surface area contributed by atoms with E-state index >= 15 is 0 Å². The van der Waals surface area contributed by atoms with Gasteiger partial charge in [-0.1, -0.05) is 48.6 Å². The van der Waals surface area contributed by atoms with Crippen LogP contribution in [0.15, 0.2) is 54.6 Å². The molecule has 0 radical (unpaired) electrons. The monoisotopic (exact) mass is 329 g/mol. The predicted octanol–water partition coefficient (Wildman–Crippen LogP) is 5.84. The zero-order chi connectivity index (χ0) is 16.9. The molecule has 2 aromatic carbocycles. The number of allylic oxidation sites excluding steroid dienone is 2. The molecule has 0 aromatic heterocycles. The van der Waals surface area contributed by atoms with Crippen LogP contribution in [0.5, 0.6) is 0 Å². The third-order valence-electron chi connectivity index (χ3n) is 5.21. The maximum atomic E-state index is 13.5. The highest BCUT2D eigenvalue weighted by Crippen LogP contribution is 2.52. The third-order valence-corrected chi connectivity index (χ3v) is 5.21. The van der Waals surface area contributed by atoms with E-state index in [0.717, 1.165) is 17.7 Å². The van der Waals surface area contributed by atoms with E-state index in [1.165, 1.54) is 17.7 Å². The van der Waals surface area contributed by atoms with Crippen LogP contribution in [-0.4, -0.2) is 0 Å². The molecule has 3 atom stereocenters. The third kappa shape index (κ3) is 2.32. The number of nitrogens with one attached hydrogen (secondary N) is 1. The molecule has 2 aliphatic rings. The maximum Gasteiger partial charge on any atom is 0.416 e. The minimum Gasteiger partial charge on any atom is -0.377 e. The molecule has 0 unspecified atom stereocenters. The summed E-state index contributed by atoms with van der Waals surface area (Å²) in [6.45, 7) is 2.00. The number of alkyl halides is 3. The highest BCUT2D eigenvalue weighted by Gasteiger charge is 2.42. The maximum absolute atomic E-state index is 13.5. The largest absolute Gasteiger partial charge is 0.416 e. The second kappa shape index (κ2) is 5.40. The summed E-state index contributed by atoms with van der Waals surface area (Å²) in [5, 5.41) is 3.43. The molecule has 0 bridgehead atoms. The molecule has 124 valence electrons. The second-order valence-electron chi connectivity index (χ2n) is 6.60. The van der Waals surface area contributed by atoms with Crippen molar-refractivity contribution in [2.24, 2.45) is 5.92 Å². The number of halogens is 3. The predicted molar refractivity (Wildman–Crippen MR) is 89.0 cm³/mol. The van der Waals surface area contributed by atoms with Crippen LogP contribution in [0, 0.1) is 12.8 Å². The molecule has 0 spiro atoms. The first-order valence-electron chi connectivity index (χ1n) is 8.15. The lowest BCUT2D eigenvalue weighted by Crippen LogP contribution is -2.31. The number of aryl methyl sites for hydroxylation is 1. The average molecular weight is 329 g/mol. The van der Waals surface area contributed by atoms with E-state index < -0.39 is 11.7 Å². The molecule has 4 rings (SSSR count). The van der Waals surface area contributed by atoms with Crippen LogP contribution in [0.25, 0.3) is 0 Å². The fraction of sp³-hybridized carbons (Fsp3) is 0.300. The Labute approximate surface area is 139 Å². The Morgan fingerprint density at radius 1 is 1.00 bits per heavy atom. The summed E-state index contributed by atoms with van der Waals surface area (Å²) < 4.78 is 40.4. The Hall–Kier alpha value is -2.23. The van der Waals surface area contributed by atoms with Crippen LogP contribution >= 0.6 is 0 Å². The van der Waals surface area contributed by atoms with Gasteiger partial charge in [0.1, 0.15) is 0 Å². The summed E-state index contributed by atoms with van der Waals surface area (Å²) >= 11 is 0. The smallest absolute Gasteiger partial charge is 0.377 e. The lowest BCUT2D eigenvalue weighted by molar-refractivity contribution is -0.138. The number of hydrogen-bond acceptors (Lipinski definition) is 1. The van der Waals surface area contributed by atoms with Crippen molar-refractivity contribution in [3.8, 4) is 0 Å². The molecule has 1 heterocycles. The van der Waals surface area contributed by atoms with Gasteiger partial charge in [-0.3, -0.25) is 0 Å². The molecule has 0 amide bonds. The average Bonchev–Trinajstić information content (AvgIpc) is 3.04. The molecular formula is C20H18F3N. The number of para-hydroxylation sites is 1. The summed E-state index contributed by atoms with van der Waals surface area (Å²) in [4.78, 5) is 0. The van der Waals surface area contributed by atoms with Gasteiger partial charge in [0.25, 0.3) is 0 Å². The molecule has 0 fully saturated rings. The van der Waals surface area contributed by atoms with Crippen molar-refractivity contribution in [3.63, 3.8) is 0 Å². The molecule has 0 saturated heterocycles. The van der Waals surface area contributed by atoms with Crippen LogP contribution < -0.4 is 5.32 Å². The van der Waals surface area contributed by atoms with Crippen molar-refractivity contribution in [2.75, 3.05) is 5.32 Å². The van der Waals surface area contributed by atoms with Gasteiger partial charge in [-0.05, 0) is 42.0 Å². The fourth-order valence-corrected chi connectivity index (χ4v) is 4.11. The topological polar surface area (TPSA) is 12.0 Å². The number of fused-ring (bicyclic) bond motifs is 3. The Bertz CT molecular complexity index is 807. The van der Waals surface area contributed by atoms with E-state index in [9.17, 15) is 13.2 Å². The van der Waals surface area contributed by atoms with E-state index in [4.69, 9.17) is 0 Å². The minimum absolute atomic E-state index is 0.114. The SMILES string of the molecule is Cc1cccc2c1N[C@H](c1ccccc1C(F)(F)F)[C@@H]1CC=C[C@H]21. The molecule has 24 heavy (non-hydrogen) atoms. The first kappa shape index (κ1) is 15.3. The van der Waals surface area contributed by atoms with Gasteiger partial charge in [0, 0.05) is 11.6 Å². The molecule has 1 N–H and O–H groups in total. The Morgan fingerprint density at radius 2 is 1.75 bits per heavy atom. The zero-order valence-electron chi connectivity index (χ0n) is 13.3. The molecule has 0 saturated carbocycles.